The second-order valence-corrected chi connectivity index (χ2v) is 4.68. The molecule has 1 heterocycles. The number of carbonyl (C=O) groups excluding carboxylic acids is 1. The van der Waals surface area contributed by atoms with E-state index in [1.165, 1.54) is 10.9 Å². The van der Waals surface area contributed by atoms with Gasteiger partial charge in [-0.1, -0.05) is 18.2 Å². The first kappa shape index (κ1) is 13.2. The Morgan fingerprint density at radius 2 is 2.05 bits per heavy atom. The van der Waals surface area contributed by atoms with Crippen LogP contribution in [0.25, 0.3) is 10.8 Å². The zero-order chi connectivity index (χ0) is 14.7. The van der Waals surface area contributed by atoms with Crippen molar-refractivity contribution in [2.45, 2.75) is 6.54 Å². The lowest BCUT2D eigenvalue weighted by molar-refractivity contribution is 0.242. The molecule has 0 bridgehead atoms. The number of aromatic nitrogens is 2. The quantitative estimate of drug-likeness (QED) is 0.803. The number of rotatable bonds is 3. The molecule has 1 aromatic heterocycles. The molecule has 0 unspecified atom stereocenters. The maximum Gasteiger partial charge on any atom is 0.327 e. The molecule has 0 aliphatic rings. The Labute approximate surface area is 122 Å². The number of nitrogens with zero attached hydrogens (tertiary/aromatic N) is 2. The van der Waals surface area contributed by atoms with E-state index in [-0.39, 0.29) is 6.03 Å². The van der Waals surface area contributed by atoms with Crippen LogP contribution in [0.4, 0.5) is 4.79 Å². The number of imidazole rings is 1. The third-order valence-electron chi connectivity index (χ3n) is 3.29. The zero-order valence-electron chi connectivity index (χ0n) is 11.6. The highest BCUT2D eigenvalue weighted by atomic mass is 16.5. The molecular formula is C16H15N3O2. The lowest BCUT2D eigenvalue weighted by Crippen LogP contribution is -2.26. The first-order valence-electron chi connectivity index (χ1n) is 6.59. The Morgan fingerprint density at radius 3 is 2.81 bits per heavy atom. The van der Waals surface area contributed by atoms with Gasteiger partial charge >= 0.3 is 6.03 Å². The monoisotopic (exact) mass is 281 g/mol. The number of nitrogens with one attached hydrogen (secondary N) is 1. The standard InChI is InChI=1S/C16H15N3O2/c1-21-15-5-4-13-8-12(2-3-14(13)9-15)10-18-16(20)19-7-6-17-11-19/h2-9,11H,10H2,1H3,(H,18,20). The summed E-state index contributed by atoms with van der Waals surface area (Å²) in [6.45, 7) is 0.471. The molecule has 5 nitrogen and oxygen atoms in total. The second kappa shape index (κ2) is 5.66. The molecule has 3 aromatic rings. The van der Waals surface area contributed by atoms with Gasteiger partial charge in [-0.25, -0.2) is 9.78 Å². The van der Waals surface area contributed by atoms with E-state index in [4.69, 9.17) is 4.74 Å². The summed E-state index contributed by atoms with van der Waals surface area (Å²) in [4.78, 5) is 15.7. The predicted molar refractivity (Wildman–Crippen MR) is 80.4 cm³/mol. The van der Waals surface area contributed by atoms with Crippen molar-refractivity contribution in [1.82, 2.24) is 14.9 Å². The van der Waals surface area contributed by atoms with Crippen molar-refractivity contribution >= 4 is 16.8 Å². The van der Waals surface area contributed by atoms with E-state index >= 15 is 0 Å². The van der Waals surface area contributed by atoms with E-state index in [0.717, 1.165) is 22.1 Å². The summed E-state index contributed by atoms with van der Waals surface area (Å²) in [5.74, 6) is 0.837. The van der Waals surface area contributed by atoms with Gasteiger partial charge in [-0.05, 0) is 34.5 Å². The molecule has 0 saturated heterocycles. The molecule has 0 fully saturated rings. The molecule has 1 amide bonds. The van der Waals surface area contributed by atoms with Gasteiger partial charge in [0.1, 0.15) is 12.1 Å². The van der Waals surface area contributed by atoms with Crippen molar-refractivity contribution in [1.29, 1.82) is 0 Å². The summed E-state index contributed by atoms with van der Waals surface area (Å²) >= 11 is 0. The number of hydrogen-bond acceptors (Lipinski definition) is 3. The second-order valence-electron chi connectivity index (χ2n) is 4.68. The summed E-state index contributed by atoms with van der Waals surface area (Å²) < 4.78 is 6.62. The summed E-state index contributed by atoms with van der Waals surface area (Å²) in [5, 5.41) is 5.07. The van der Waals surface area contributed by atoms with Crippen LogP contribution < -0.4 is 10.1 Å². The molecule has 0 aliphatic heterocycles. The normalized spacial score (nSPS) is 10.5. The fourth-order valence-electron chi connectivity index (χ4n) is 2.16. The van der Waals surface area contributed by atoms with Gasteiger partial charge in [-0.2, -0.15) is 0 Å². The van der Waals surface area contributed by atoms with E-state index in [1.54, 1.807) is 19.5 Å². The van der Waals surface area contributed by atoms with Crippen molar-refractivity contribution in [2.24, 2.45) is 0 Å². The average Bonchev–Trinajstić information content (AvgIpc) is 3.06. The largest absolute Gasteiger partial charge is 0.497 e. The Morgan fingerprint density at radius 1 is 1.24 bits per heavy atom. The lowest BCUT2D eigenvalue weighted by atomic mass is 10.1. The molecule has 3 rings (SSSR count). The van der Waals surface area contributed by atoms with Crippen LogP contribution in [0.3, 0.4) is 0 Å². The number of benzene rings is 2. The van der Waals surface area contributed by atoms with Gasteiger partial charge in [0, 0.05) is 18.9 Å². The summed E-state index contributed by atoms with van der Waals surface area (Å²) in [7, 11) is 1.65. The molecule has 106 valence electrons. The first-order chi connectivity index (χ1) is 10.3. The Bertz CT molecular complexity index is 766. The number of hydrogen-bond donors (Lipinski definition) is 1. The van der Waals surface area contributed by atoms with Gasteiger partial charge in [0.25, 0.3) is 0 Å². The molecule has 0 aliphatic carbocycles. The predicted octanol–water partition coefficient (Wildman–Crippen LogP) is 2.80. The summed E-state index contributed by atoms with van der Waals surface area (Å²) in [6.07, 6.45) is 4.66. The molecule has 1 N–H and O–H groups in total. The maximum absolute atomic E-state index is 11.8. The summed E-state index contributed by atoms with van der Waals surface area (Å²) in [6, 6.07) is 11.8. The van der Waals surface area contributed by atoms with Gasteiger partial charge in [0.2, 0.25) is 0 Å². The zero-order valence-corrected chi connectivity index (χ0v) is 11.6. The third kappa shape index (κ3) is 2.86. The van der Waals surface area contributed by atoms with E-state index < -0.39 is 0 Å². The molecule has 0 radical (unpaired) electrons. The maximum atomic E-state index is 11.8. The fraction of sp³-hybridized carbons (Fsp3) is 0.125. The van der Waals surface area contributed by atoms with Crippen LogP contribution >= 0.6 is 0 Å². The Hall–Kier alpha value is -2.82. The van der Waals surface area contributed by atoms with Gasteiger partial charge in [-0.15, -0.1) is 0 Å². The highest BCUT2D eigenvalue weighted by Gasteiger charge is 2.04. The van der Waals surface area contributed by atoms with Crippen LogP contribution in [-0.4, -0.2) is 22.7 Å². The number of methoxy groups -OCH3 is 1. The molecule has 21 heavy (non-hydrogen) atoms. The van der Waals surface area contributed by atoms with Gasteiger partial charge < -0.3 is 10.1 Å². The fourth-order valence-corrected chi connectivity index (χ4v) is 2.16. The topological polar surface area (TPSA) is 56.1 Å². The third-order valence-corrected chi connectivity index (χ3v) is 3.29. The van der Waals surface area contributed by atoms with Crippen LogP contribution in [0.1, 0.15) is 5.56 Å². The van der Waals surface area contributed by atoms with Crippen molar-refractivity contribution in [2.75, 3.05) is 7.11 Å². The van der Waals surface area contributed by atoms with Gasteiger partial charge in [0.05, 0.1) is 7.11 Å². The molecule has 0 saturated carbocycles. The first-order valence-corrected chi connectivity index (χ1v) is 6.59. The highest BCUT2D eigenvalue weighted by molar-refractivity contribution is 5.84. The van der Waals surface area contributed by atoms with Gasteiger partial charge in [0.15, 0.2) is 0 Å². The molecule has 0 spiro atoms. The molecule has 5 heteroatoms. The number of carbonyl (C=O) groups is 1. The summed E-state index contributed by atoms with van der Waals surface area (Å²) in [5.41, 5.74) is 1.04. The van der Waals surface area contributed by atoms with Crippen LogP contribution in [0.2, 0.25) is 0 Å². The lowest BCUT2D eigenvalue weighted by Gasteiger charge is -2.07. The molecule has 2 aromatic carbocycles. The van der Waals surface area contributed by atoms with Crippen molar-refractivity contribution < 1.29 is 9.53 Å². The Kier molecular flexibility index (Phi) is 3.55. The number of fused-ring (bicyclic) bond motifs is 1. The van der Waals surface area contributed by atoms with E-state index in [0.29, 0.717) is 6.54 Å². The van der Waals surface area contributed by atoms with Gasteiger partial charge in [-0.3, -0.25) is 4.57 Å². The SMILES string of the molecule is COc1ccc2cc(CNC(=O)n3ccnc3)ccc2c1. The van der Waals surface area contributed by atoms with Crippen molar-refractivity contribution in [3.8, 4) is 5.75 Å². The van der Waals surface area contributed by atoms with E-state index in [9.17, 15) is 4.79 Å². The van der Waals surface area contributed by atoms with Crippen LogP contribution in [0.5, 0.6) is 5.75 Å². The highest BCUT2D eigenvalue weighted by Crippen LogP contribution is 2.21. The average molecular weight is 281 g/mol. The minimum Gasteiger partial charge on any atom is -0.497 e. The number of ether oxygens (including phenoxy) is 1. The van der Waals surface area contributed by atoms with Crippen molar-refractivity contribution in [3.63, 3.8) is 0 Å². The van der Waals surface area contributed by atoms with Crippen molar-refractivity contribution in [3.05, 3.63) is 60.7 Å². The molecular weight excluding hydrogens is 266 g/mol. The smallest absolute Gasteiger partial charge is 0.327 e. The molecule has 0 atom stereocenters. The van der Waals surface area contributed by atoms with Crippen LogP contribution in [0, 0.1) is 0 Å². The minimum atomic E-state index is -0.192. The van der Waals surface area contributed by atoms with Crippen LogP contribution in [0.15, 0.2) is 55.1 Å². The van der Waals surface area contributed by atoms with E-state index in [1.807, 2.05) is 30.3 Å². The number of amides is 1. The Balaban J connectivity index is 1.74. The van der Waals surface area contributed by atoms with E-state index in [2.05, 4.69) is 16.4 Å². The minimum absolute atomic E-state index is 0.192. The van der Waals surface area contributed by atoms with Crippen LogP contribution in [-0.2, 0) is 6.54 Å².